The summed E-state index contributed by atoms with van der Waals surface area (Å²) in [5.74, 6) is -1.97. The number of hydrogen-bond acceptors (Lipinski definition) is 2. The van der Waals surface area contributed by atoms with Crippen molar-refractivity contribution in [3.05, 3.63) is 87.5 Å². The topological polar surface area (TPSA) is 39.3 Å². The number of nitrogens with zero attached hydrogens (tertiary/aromatic N) is 3. The Kier molecular flexibility index (Phi) is 3.73. The third kappa shape index (κ3) is 2.76. The molecule has 2 aromatic carbocycles. The van der Waals surface area contributed by atoms with Gasteiger partial charge in [0.2, 0.25) is 5.65 Å². The summed E-state index contributed by atoms with van der Waals surface area (Å²) in [6.07, 6.45) is 4.89. The Labute approximate surface area is 149 Å². The molecule has 0 amide bonds. The van der Waals surface area contributed by atoms with Gasteiger partial charge in [0.05, 0.1) is 11.4 Å². The van der Waals surface area contributed by atoms with Gasteiger partial charge in [-0.25, -0.2) is 13.8 Å². The first-order valence-electron chi connectivity index (χ1n) is 7.35. The highest BCUT2D eigenvalue weighted by Gasteiger charge is 2.11. The quantitative estimate of drug-likeness (QED) is 0.505. The van der Waals surface area contributed by atoms with Crippen molar-refractivity contribution in [2.45, 2.75) is 0 Å². The predicted molar refractivity (Wildman–Crippen MR) is 93.8 cm³/mol. The maximum Gasteiger partial charge on any atom is 0.298 e. The molecule has 0 aliphatic carbocycles. The second-order valence-corrected chi connectivity index (χ2v) is 6.35. The SMILES string of the molecule is O=c1c2nc(-c3ccc(Br)cc3)cn2ccn1-c1ccc(F)c(F)c1. The summed E-state index contributed by atoms with van der Waals surface area (Å²) in [6, 6.07) is 10.9. The van der Waals surface area contributed by atoms with Crippen LogP contribution in [0, 0.1) is 11.6 Å². The Morgan fingerprint density at radius 3 is 2.44 bits per heavy atom. The van der Waals surface area contributed by atoms with Crippen LogP contribution in [0.1, 0.15) is 0 Å². The second kappa shape index (κ2) is 5.93. The number of hydrogen-bond donors (Lipinski definition) is 0. The van der Waals surface area contributed by atoms with Crippen molar-refractivity contribution in [3.63, 3.8) is 0 Å². The van der Waals surface area contributed by atoms with Crippen molar-refractivity contribution >= 4 is 21.6 Å². The zero-order chi connectivity index (χ0) is 17.6. The fourth-order valence-electron chi connectivity index (χ4n) is 2.58. The normalized spacial score (nSPS) is 11.2. The van der Waals surface area contributed by atoms with E-state index in [1.807, 2.05) is 24.3 Å². The fraction of sp³-hybridized carbons (Fsp3) is 0. The second-order valence-electron chi connectivity index (χ2n) is 5.44. The number of benzene rings is 2. The Hall–Kier alpha value is -2.80. The Bertz CT molecular complexity index is 1150. The third-order valence-corrected chi connectivity index (χ3v) is 4.37. The number of halogens is 3. The first-order valence-corrected chi connectivity index (χ1v) is 8.14. The van der Waals surface area contributed by atoms with Crippen LogP contribution in [0.4, 0.5) is 8.78 Å². The number of imidazole rings is 1. The van der Waals surface area contributed by atoms with E-state index in [1.54, 1.807) is 16.8 Å². The number of fused-ring (bicyclic) bond motifs is 1. The molecule has 7 heteroatoms. The molecule has 0 aliphatic rings. The minimum absolute atomic E-state index is 0.199. The average Bonchev–Trinajstić information content (AvgIpc) is 3.04. The van der Waals surface area contributed by atoms with Crippen LogP contribution >= 0.6 is 15.9 Å². The van der Waals surface area contributed by atoms with Crippen LogP contribution in [0.3, 0.4) is 0 Å². The summed E-state index contributed by atoms with van der Waals surface area (Å²) in [5.41, 5.74) is 1.53. The summed E-state index contributed by atoms with van der Waals surface area (Å²) >= 11 is 3.37. The van der Waals surface area contributed by atoms with Crippen molar-refractivity contribution in [1.82, 2.24) is 14.0 Å². The third-order valence-electron chi connectivity index (χ3n) is 3.84. The maximum atomic E-state index is 13.5. The lowest BCUT2D eigenvalue weighted by molar-refractivity contribution is 0.508. The molecule has 0 aliphatic heterocycles. The zero-order valence-electron chi connectivity index (χ0n) is 12.7. The summed E-state index contributed by atoms with van der Waals surface area (Å²) < 4.78 is 30.3. The van der Waals surface area contributed by atoms with E-state index in [4.69, 9.17) is 0 Å². The molecule has 2 aromatic heterocycles. The van der Waals surface area contributed by atoms with Crippen molar-refractivity contribution in [2.24, 2.45) is 0 Å². The summed E-state index contributed by atoms with van der Waals surface area (Å²) in [7, 11) is 0. The lowest BCUT2D eigenvalue weighted by Crippen LogP contribution is -2.20. The van der Waals surface area contributed by atoms with E-state index >= 15 is 0 Å². The van der Waals surface area contributed by atoms with E-state index in [9.17, 15) is 13.6 Å². The van der Waals surface area contributed by atoms with Gasteiger partial charge < -0.3 is 4.40 Å². The standard InChI is InChI=1S/C18H10BrF2N3O/c19-12-3-1-11(2-4-12)16-10-23-7-8-24(18(25)17(23)22-16)13-5-6-14(20)15(21)9-13/h1-10H. The molecule has 4 nitrogen and oxygen atoms in total. The molecule has 2 heterocycles. The van der Waals surface area contributed by atoms with Gasteiger partial charge in [-0.05, 0) is 24.3 Å². The van der Waals surface area contributed by atoms with Gasteiger partial charge in [-0.1, -0.05) is 28.1 Å². The Morgan fingerprint density at radius 2 is 1.72 bits per heavy atom. The smallest absolute Gasteiger partial charge is 0.298 e. The van der Waals surface area contributed by atoms with Crippen LogP contribution in [0.25, 0.3) is 22.6 Å². The molecule has 124 valence electrons. The lowest BCUT2D eigenvalue weighted by Gasteiger charge is -2.06. The molecular weight excluding hydrogens is 392 g/mol. The molecule has 0 spiro atoms. The van der Waals surface area contributed by atoms with Gasteiger partial charge >= 0.3 is 0 Å². The minimum Gasteiger partial charge on any atom is -0.300 e. The summed E-state index contributed by atoms with van der Waals surface area (Å²) in [6.45, 7) is 0. The van der Waals surface area contributed by atoms with Gasteiger partial charge in [0.1, 0.15) is 0 Å². The van der Waals surface area contributed by atoms with Gasteiger partial charge in [0.25, 0.3) is 5.56 Å². The lowest BCUT2D eigenvalue weighted by atomic mass is 10.2. The molecule has 4 rings (SSSR count). The van der Waals surface area contributed by atoms with E-state index in [-0.39, 0.29) is 11.3 Å². The van der Waals surface area contributed by atoms with Crippen LogP contribution < -0.4 is 5.56 Å². The molecule has 0 bridgehead atoms. The van der Waals surface area contributed by atoms with E-state index in [0.717, 1.165) is 22.2 Å². The van der Waals surface area contributed by atoms with Crippen LogP contribution in [-0.2, 0) is 0 Å². The van der Waals surface area contributed by atoms with Crippen molar-refractivity contribution in [1.29, 1.82) is 0 Å². The fourth-order valence-corrected chi connectivity index (χ4v) is 2.84. The van der Waals surface area contributed by atoms with Crippen molar-refractivity contribution in [3.8, 4) is 16.9 Å². The highest BCUT2D eigenvalue weighted by molar-refractivity contribution is 9.10. The molecular formula is C18H10BrF2N3O. The predicted octanol–water partition coefficient (Wildman–Crippen LogP) is 4.19. The summed E-state index contributed by atoms with van der Waals surface area (Å²) in [5, 5.41) is 0. The van der Waals surface area contributed by atoms with Crippen molar-refractivity contribution in [2.75, 3.05) is 0 Å². The highest BCUT2D eigenvalue weighted by atomic mass is 79.9. The minimum atomic E-state index is -1.01. The Balaban J connectivity index is 1.86. The number of aromatic nitrogens is 3. The molecule has 0 saturated heterocycles. The number of rotatable bonds is 2. The molecule has 25 heavy (non-hydrogen) atoms. The van der Waals surface area contributed by atoms with Gasteiger partial charge in [-0.15, -0.1) is 0 Å². The van der Waals surface area contributed by atoms with Gasteiger partial charge in [0, 0.05) is 34.7 Å². The van der Waals surface area contributed by atoms with Crippen LogP contribution in [-0.4, -0.2) is 14.0 Å². The van der Waals surface area contributed by atoms with E-state index in [2.05, 4.69) is 20.9 Å². The largest absolute Gasteiger partial charge is 0.300 e. The molecule has 4 aromatic rings. The van der Waals surface area contributed by atoms with E-state index in [0.29, 0.717) is 5.69 Å². The molecule has 0 saturated carbocycles. The molecule has 0 atom stereocenters. The van der Waals surface area contributed by atoms with Gasteiger partial charge in [0.15, 0.2) is 11.6 Å². The first kappa shape index (κ1) is 15.7. The summed E-state index contributed by atoms with van der Waals surface area (Å²) in [4.78, 5) is 17.1. The Morgan fingerprint density at radius 1 is 0.960 bits per heavy atom. The monoisotopic (exact) mass is 401 g/mol. The van der Waals surface area contributed by atoms with Crippen LogP contribution in [0.15, 0.2) is 70.3 Å². The first-order chi connectivity index (χ1) is 12.0. The zero-order valence-corrected chi connectivity index (χ0v) is 14.2. The van der Waals surface area contributed by atoms with E-state index < -0.39 is 17.2 Å². The van der Waals surface area contributed by atoms with Gasteiger partial charge in [-0.2, -0.15) is 0 Å². The molecule has 0 unspecified atom stereocenters. The van der Waals surface area contributed by atoms with E-state index in [1.165, 1.54) is 16.8 Å². The molecule has 0 N–H and O–H groups in total. The molecule has 0 radical (unpaired) electrons. The van der Waals surface area contributed by atoms with Crippen molar-refractivity contribution < 1.29 is 8.78 Å². The average molecular weight is 402 g/mol. The van der Waals surface area contributed by atoms with Gasteiger partial charge in [-0.3, -0.25) is 9.36 Å². The highest BCUT2D eigenvalue weighted by Crippen LogP contribution is 2.21. The van der Waals surface area contributed by atoms with Crippen LogP contribution in [0.5, 0.6) is 0 Å². The molecule has 0 fully saturated rings. The maximum absolute atomic E-state index is 13.5. The van der Waals surface area contributed by atoms with Crippen LogP contribution in [0.2, 0.25) is 0 Å².